The van der Waals surface area contributed by atoms with E-state index in [4.69, 9.17) is 14.6 Å². The predicted octanol–water partition coefficient (Wildman–Crippen LogP) is 5.06. The van der Waals surface area contributed by atoms with Crippen molar-refractivity contribution in [1.82, 2.24) is 10.0 Å². The van der Waals surface area contributed by atoms with E-state index in [1.165, 1.54) is 5.56 Å². The molecule has 41 heavy (non-hydrogen) atoms. The smallest absolute Gasteiger partial charge is 0.349 e. The van der Waals surface area contributed by atoms with Gasteiger partial charge in [-0.3, -0.25) is 9.79 Å². The van der Waals surface area contributed by atoms with Gasteiger partial charge in [-0.05, 0) is 85.5 Å². The Kier molecular flexibility index (Phi) is 10.00. The number of hydrogen-bond donors (Lipinski definition) is 2. The van der Waals surface area contributed by atoms with Crippen molar-refractivity contribution >= 4 is 33.5 Å². The zero-order valence-electron chi connectivity index (χ0n) is 23.3. The lowest BCUT2D eigenvalue weighted by Crippen LogP contribution is -2.41. The van der Waals surface area contributed by atoms with Gasteiger partial charge in [0.05, 0.1) is 22.3 Å². The second-order valence-electron chi connectivity index (χ2n) is 10.5. The van der Waals surface area contributed by atoms with Crippen LogP contribution in [-0.2, 0) is 37.2 Å². The number of hydrogen-bond acceptors (Lipinski definition) is 6. The Balaban J connectivity index is 0.00000124. The SMILES string of the molecule is CCc1cccc(C2=Nc3ccc(S(=O)(=O)NC4CCC(C(=O)N[C@H](C)c5ccccc5)CC4)cc3C2)c1.O=C=O. The van der Waals surface area contributed by atoms with Gasteiger partial charge in [0.2, 0.25) is 15.9 Å². The summed E-state index contributed by atoms with van der Waals surface area (Å²) in [6.07, 6.45) is 4.44. The first-order valence-corrected chi connectivity index (χ1v) is 15.4. The summed E-state index contributed by atoms with van der Waals surface area (Å²) in [7, 11) is -3.67. The Labute approximate surface area is 241 Å². The van der Waals surface area contributed by atoms with Crippen LogP contribution in [0.5, 0.6) is 0 Å². The lowest BCUT2D eigenvalue weighted by Gasteiger charge is -2.29. The molecule has 0 bridgehead atoms. The maximum absolute atomic E-state index is 13.2. The summed E-state index contributed by atoms with van der Waals surface area (Å²) < 4.78 is 29.3. The first-order valence-electron chi connectivity index (χ1n) is 13.9. The summed E-state index contributed by atoms with van der Waals surface area (Å²) in [6, 6.07) is 23.2. The molecule has 2 N–H and O–H groups in total. The van der Waals surface area contributed by atoms with Crippen LogP contribution >= 0.6 is 0 Å². The van der Waals surface area contributed by atoms with Gasteiger partial charge in [-0.15, -0.1) is 0 Å². The molecule has 0 unspecified atom stereocenters. The van der Waals surface area contributed by atoms with Crippen LogP contribution in [0.3, 0.4) is 0 Å². The minimum Gasteiger partial charge on any atom is -0.349 e. The molecule has 1 heterocycles. The predicted molar refractivity (Wildman–Crippen MR) is 156 cm³/mol. The lowest BCUT2D eigenvalue weighted by molar-refractivity contribution is -0.191. The number of fused-ring (bicyclic) bond motifs is 1. The van der Waals surface area contributed by atoms with Crippen LogP contribution in [-0.4, -0.2) is 32.2 Å². The molecule has 1 saturated carbocycles. The summed E-state index contributed by atoms with van der Waals surface area (Å²) in [5, 5.41) is 3.11. The van der Waals surface area contributed by atoms with Crippen molar-refractivity contribution in [3.05, 3.63) is 95.1 Å². The number of sulfonamides is 1. The van der Waals surface area contributed by atoms with E-state index in [0.717, 1.165) is 34.5 Å². The van der Waals surface area contributed by atoms with Gasteiger partial charge < -0.3 is 5.32 Å². The summed E-state index contributed by atoms with van der Waals surface area (Å²) in [4.78, 5) is 34.1. The number of amides is 1. The summed E-state index contributed by atoms with van der Waals surface area (Å²) in [6.45, 7) is 4.11. The van der Waals surface area contributed by atoms with Crippen LogP contribution < -0.4 is 10.0 Å². The maximum Gasteiger partial charge on any atom is 0.373 e. The molecule has 214 valence electrons. The largest absolute Gasteiger partial charge is 0.373 e. The number of carbonyl (C=O) groups is 1. The molecule has 0 radical (unpaired) electrons. The molecule has 1 atom stereocenters. The van der Waals surface area contributed by atoms with Gasteiger partial charge in [-0.1, -0.05) is 55.5 Å². The highest BCUT2D eigenvalue weighted by Crippen LogP contribution is 2.32. The molecule has 9 heteroatoms. The number of aryl methyl sites for hydroxylation is 1. The second kappa shape index (κ2) is 13.6. The van der Waals surface area contributed by atoms with Crippen molar-refractivity contribution < 1.29 is 22.8 Å². The van der Waals surface area contributed by atoms with E-state index >= 15 is 0 Å². The topological polar surface area (TPSA) is 122 Å². The van der Waals surface area contributed by atoms with E-state index in [-0.39, 0.29) is 35.0 Å². The molecule has 1 aliphatic carbocycles. The third kappa shape index (κ3) is 7.64. The molecule has 1 amide bonds. The van der Waals surface area contributed by atoms with Crippen LogP contribution in [0.1, 0.15) is 67.8 Å². The maximum atomic E-state index is 13.2. The Bertz CT molecular complexity index is 1540. The average Bonchev–Trinajstić information content (AvgIpc) is 3.42. The highest BCUT2D eigenvalue weighted by atomic mass is 32.2. The van der Waals surface area contributed by atoms with E-state index in [1.807, 2.05) is 43.3 Å². The van der Waals surface area contributed by atoms with E-state index in [1.54, 1.807) is 18.2 Å². The minimum absolute atomic E-state index is 0.0431. The first-order chi connectivity index (χ1) is 19.7. The van der Waals surface area contributed by atoms with Gasteiger partial charge >= 0.3 is 6.15 Å². The van der Waals surface area contributed by atoms with Gasteiger partial charge in [0.15, 0.2) is 0 Å². The molecule has 0 spiro atoms. The van der Waals surface area contributed by atoms with Crippen molar-refractivity contribution in [2.45, 2.75) is 69.4 Å². The Morgan fingerprint density at radius 2 is 1.68 bits per heavy atom. The zero-order chi connectivity index (χ0) is 29.4. The molecule has 1 fully saturated rings. The number of aliphatic imine (C=N–C) groups is 1. The molecule has 8 nitrogen and oxygen atoms in total. The molecular weight excluding hydrogens is 538 g/mol. The van der Waals surface area contributed by atoms with E-state index < -0.39 is 10.0 Å². The number of benzene rings is 3. The van der Waals surface area contributed by atoms with Gasteiger partial charge in [-0.2, -0.15) is 9.59 Å². The van der Waals surface area contributed by atoms with Gasteiger partial charge in [0.25, 0.3) is 0 Å². The van der Waals surface area contributed by atoms with Crippen molar-refractivity contribution in [1.29, 1.82) is 0 Å². The van der Waals surface area contributed by atoms with Crippen molar-refractivity contribution in [2.75, 3.05) is 0 Å². The molecule has 5 rings (SSSR count). The summed E-state index contributed by atoms with van der Waals surface area (Å²) in [5.41, 5.74) is 6.14. The number of carbonyl (C=O) groups excluding carboxylic acids is 3. The fourth-order valence-corrected chi connectivity index (χ4v) is 6.75. The molecular formula is C32H35N3O5S. The molecule has 1 aliphatic heterocycles. The lowest BCUT2D eigenvalue weighted by atomic mass is 9.85. The Morgan fingerprint density at radius 3 is 2.37 bits per heavy atom. The van der Waals surface area contributed by atoms with Crippen LogP contribution in [0.25, 0.3) is 0 Å². The quantitative estimate of drug-likeness (QED) is 0.390. The highest BCUT2D eigenvalue weighted by molar-refractivity contribution is 7.89. The van der Waals surface area contributed by atoms with Crippen LogP contribution in [0.2, 0.25) is 0 Å². The van der Waals surface area contributed by atoms with Gasteiger partial charge in [-0.25, -0.2) is 13.1 Å². The normalized spacial score (nSPS) is 18.6. The minimum atomic E-state index is -3.67. The third-order valence-electron chi connectivity index (χ3n) is 7.72. The molecule has 3 aromatic rings. The fourth-order valence-electron chi connectivity index (χ4n) is 5.40. The first kappa shape index (κ1) is 30.1. The third-order valence-corrected chi connectivity index (χ3v) is 9.24. The number of rotatable bonds is 8. The molecule has 3 aromatic carbocycles. The van der Waals surface area contributed by atoms with E-state index in [0.29, 0.717) is 32.1 Å². The van der Waals surface area contributed by atoms with E-state index in [2.05, 4.69) is 35.2 Å². The van der Waals surface area contributed by atoms with Crippen LogP contribution in [0.15, 0.2) is 82.7 Å². The van der Waals surface area contributed by atoms with Crippen LogP contribution in [0.4, 0.5) is 5.69 Å². The summed E-state index contributed by atoms with van der Waals surface area (Å²) >= 11 is 0. The van der Waals surface area contributed by atoms with Crippen molar-refractivity contribution in [3.8, 4) is 0 Å². The summed E-state index contributed by atoms with van der Waals surface area (Å²) in [5.74, 6) is -0.0507. The average molecular weight is 574 g/mol. The number of nitrogens with one attached hydrogen (secondary N) is 2. The Morgan fingerprint density at radius 1 is 0.976 bits per heavy atom. The zero-order valence-corrected chi connectivity index (χ0v) is 24.1. The number of nitrogens with zero attached hydrogens (tertiary/aromatic N) is 1. The molecule has 0 aromatic heterocycles. The van der Waals surface area contributed by atoms with E-state index in [9.17, 15) is 13.2 Å². The van der Waals surface area contributed by atoms with Crippen molar-refractivity contribution in [3.63, 3.8) is 0 Å². The molecule has 0 saturated heterocycles. The Hall–Kier alpha value is -3.91. The molecule has 2 aliphatic rings. The van der Waals surface area contributed by atoms with Gasteiger partial charge in [0.1, 0.15) is 0 Å². The van der Waals surface area contributed by atoms with Gasteiger partial charge in [0, 0.05) is 18.4 Å². The monoisotopic (exact) mass is 573 g/mol. The second-order valence-corrected chi connectivity index (χ2v) is 12.2. The standard InChI is InChI=1S/C31H35N3O3S.CO2/c1-3-22-8-7-11-25(18-22)30-20-26-19-28(16-17-29(26)33-30)38(36,37)34-27-14-12-24(13-15-27)31(35)32-21(2)23-9-5-4-6-10-23;2-1-3/h4-11,16-19,21,24,27,34H,3,12-15,20H2,1-2H3,(H,32,35);/t21-,24?,27?;/m1./s1. The highest BCUT2D eigenvalue weighted by Gasteiger charge is 2.30. The van der Waals surface area contributed by atoms with Crippen molar-refractivity contribution in [2.24, 2.45) is 10.9 Å². The fraction of sp³-hybridized carbons (Fsp3) is 0.344. The van der Waals surface area contributed by atoms with Crippen LogP contribution in [0, 0.1) is 5.92 Å².